The molecule has 0 aromatic carbocycles. The zero-order chi connectivity index (χ0) is 10.5. The van der Waals surface area contributed by atoms with Crippen molar-refractivity contribution in [2.75, 3.05) is 6.61 Å². The molecule has 2 heterocycles. The van der Waals surface area contributed by atoms with Crippen molar-refractivity contribution >= 4 is 23.5 Å². The summed E-state index contributed by atoms with van der Waals surface area (Å²) < 4.78 is 5.08. The molecule has 0 spiro atoms. The third-order valence-electron chi connectivity index (χ3n) is 2.17. The van der Waals surface area contributed by atoms with E-state index in [4.69, 9.17) is 27.2 Å². The van der Waals surface area contributed by atoms with Crippen LogP contribution in [0.25, 0.3) is 0 Å². The van der Waals surface area contributed by atoms with Gasteiger partial charge in [-0.2, -0.15) is 0 Å². The highest BCUT2D eigenvalue weighted by Crippen LogP contribution is 2.32. The summed E-state index contributed by atoms with van der Waals surface area (Å²) in [6.07, 6.45) is -0.684. The lowest BCUT2D eigenvalue weighted by Crippen LogP contribution is -2.70. The number of hydrogen-bond donors (Lipinski definition) is 2. The number of nitrogens with zero attached hydrogens (tertiary/aromatic N) is 1. The number of carboxylic acids is 1. The predicted octanol–water partition coefficient (Wildman–Crippen LogP) is -0.953. The van der Waals surface area contributed by atoms with Crippen LogP contribution in [0.5, 0.6) is 0 Å². The smallest absolute Gasteiger partial charge is 0.354 e. The number of nitrogens with two attached hydrogens (primary N) is 1. The van der Waals surface area contributed by atoms with E-state index in [9.17, 15) is 9.59 Å². The van der Waals surface area contributed by atoms with Gasteiger partial charge in [0.15, 0.2) is 6.23 Å². The van der Waals surface area contributed by atoms with Crippen LogP contribution < -0.4 is 5.73 Å². The third kappa shape index (κ3) is 1.05. The summed E-state index contributed by atoms with van der Waals surface area (Å²) in [6, 6.07) is -0.783. The number of carbonyl (C=O) groups excluding carboxylic acids is 1. The van der Waals surface area contributed by atoms with Gasteiger partial charge in [0.05, 0.1) is 11.6 Å². The van der Waals surface area contributed by atoms with Crippen LogP contribution in [-0.2, 0) is 14.3 Å². The molecule has 14 heavy (non-hydrogen) atoms. The molecular formula is C7H7ClN2O4. The van der Waals surface area contributed by atoms with Gasteiger partial charge in [-0.15, -0.1) is 0 Å². The Labute approximate surface area is 83.9 Å². The lowest BCUT2D eigenvalue weighted by molar-refractivity contribution is -0.179. The third-order valence-corrected chi connectivity index (χ3v) is 2.45. The molecule has 76 valence electrons. The van der Waals surface area contributed by atoms with Gasteiger partial charge in [-0.3, -0.25) is 9.69 Å². The van der Waals surface area contributed by atoms with Crippen molar-refractivity contribution in [2.24, 2.45) is 5.73 Å². The Hall–Kier alpha value is -1.11. The summed E-state index contributed by atoms with van der Waals surface area (Å²) in [5.41, 5.74) is 5.18. The van der Waals surface area contributed by atoms with E-state index in [0.29, 0.717) is 0 Å². The van der Waals surface area contributed by atoms with E-state index in [1.165, 1.54) is 0 Å². The number of carbonyl (C=O) groups is 2. The number of amides is 1. The molecular weight excluding hydrogens is 212 g/mol. The van der Waals surface area contributed by atoms with Gasteiger partial charge < -0.3 is 15.6 Å². The molecule has 2 rings (SSSR count). The Bertz CT molecular complexity index is 354. The number of ether oxygens (including phenoxy) is 1. The zero-order valence-electron chi connectivity index (χ0n) is 6.94. The van der Waals surface area contributed by atoms with Gasteiger partial charge in [-0.1, -0.05) is 11.6 Å². The minimum absolute atomic E-state index is 0.00833. The van der Waals surface area contributed by atoms with Gasteiger partial charge in [0.1, 0.15) is 11.7 Å². The van der Waals surface area contributed by atoms with Crippen molar-refractivity contribution in [3.05, 3.63) is 10.7 Å². The first-order chi connectivity index (χ1) is 6.54. The Morgan fingerprint density at radius 2 is 2.36 bits per heavy atom. The highest BCUT2D eigenvalue weighted by atomic mass is 35.5. The number of aliphatic carboxylic acids is 1. The molecule has 2 aliphatic rings. The fourth-order valence-corrected chi connectivity index (χ4v) is 1.71. The molecule has 7 heteroatoms. The molecule has 1 amide bonds. The standard InChI is InChI=1S/C7H7ClN2O4/c8-2-1-14-6-3(9)5(11)10(6)4(2)7(12)13/h3,6H,1,9H2,(H,12,13)/t3-,6?/m1/s1. The second kappa shape index (κ2) is 2.94. The quantitative estimate of drug-likeness (QED) is 0.554. The molecule has 2 aliphatic heterocycles. The molecule has 1 fully saturated rings. The molecule has 0 saturated carbocycles. The maximum atomic E-state index is 11.2. The minimum Gasteiger partial charge on any atom is -0.477 e. The summed E-state index contributed by atoms with van der Waals surface area (Å²) >= 11 is 5.62. The second-order valence-electron chi connectivity index (χ2n) is 2.99. The monoisotopic (exact) mass is 218 g/mol. The van der Waals surface area contributed by atoms with Gasteiger partial charge in [0.25, 0.3) is 5.91 Å². The highest BCUT2D eigenvalue weighted by Gasteiger charge is 2.52. The van der Waals surface area contributed by atoms with Crippen LogP contribution in [0.2, 0.25) is 0 Å². The zero-order valence-corrected chi connectivity index (χ0v) is 7.69. The van der Waals surface area contributed by atoms with E-state index in [-0.39, 0.29) is 17.3 Å². The number of hydrogen-bond acceptors (Lipinski definition) is 4. The summed E-state index contributed by atoms with van der Waals surface area (Å²) in [7, 11) is 0. The Kier molecular flexibility index (Phi) is 1.99. The molecule has 6 nitrogen and oxygen atoms in total. The van der Waals surface area contributed by atoms with Crippen molar-refractivity contribution in [2.45, 2.75) is 12.3 Å². The maximum Gasteiger partial charge on any atom is 0.354 e. The van der Waals surface area contributed by atoms with Crippen LogP contribution in [0.1, 0.15) is 0 Å². The van der Waals surface area contributed by atoms with E-state index >= 15 is 0 Å². The summed E-state index contributed by atoms with van der Waals surface area (Å²) in [4.78, 5) is 23.0. The molecule has 0 bridgehead atoms. The summed E-state index contributed by atoms with van der Waals surface area (Å²) in [5.74, 6) is -1.73. The largest absolute Gasteiger partial charge is 0.477 e. The second-order valence-corrected chi connectivity index (χ2v) is 3.45. The lowest BCUT2D eigenvalue weighted by atomic mass is 10.0. The van der Waals surface area contributed by atoms with Gasteiger partial charge >= 0.3 is 5.97 Å². The highest BCUT2D eigenvalue weighted by molar-refractivity contribution is 6.32. The molecule has 2 atom stereocenters. The van der Waals surface area contributed by atoms with Crippen molar-refractivity contribution in [3.63, 3.8) is 0 Å². The minimum atomic E-state index is -1.25. The van der Waals surface area contributed by atoms with Gasteiger partial charge in [0.2, 0.25) is 0 Å². The molecule has 3 N–H and O–H groups in total. The average Bonchev–Trinajstić information content (AvgIpc) is 2.15. The van der Waals surface area contributed by atoms with Crippen LogP contribution >= 0.6 is 11.6 Å². The van der Waals surface area contributed by atoms with E-state index in [0.717, 1.165) is 4.90 Å². The Morgan fingerprint density at radius 3 is 2.93 bits per heavy atom. The maximum absolute atomic E-state index is 11.2. The lowest BCUT2D eigenvalue weighted by Gasteiger charge is -2.47. The van der Waals surface area contributed by atoms with Crippen molar-refractivity contribution < 1.29 is 19.4 Å². The molecule has 1 saturated heterocycles. The molecule has 0 radical (unpaired) electrons. The Balaban J connectivity index is 2.37. The van der Waals surface area contributed by atoms with Gasteiger partial charge in [-0.05, 0) is 0 Å². The van der Waals surface area contributed by atoms with Crippen molar-refractivity contribution in [3.8, 4) is 0 Å². The van der Waals surface area contributed by atoms with Crippen LogP contribution in [0.15, 0.2) is 10.7 Å². The molecule has 0 aliphatic carbocycles. The number of fused-ring (bicyclic) bond motifs is 1. The van der Waals surface area contributed by atoms with E-state index in [1.54, 1.807) is 0 Å². The fraction of sp³-hybridized carbons (Fsp3) is 0.429. The first-order valence-corrected chi connectivity index (χ1v) is 4.24. The molecule has 0 aromatic heterocycles. The molecule has 1 unspecified atom stereocenters. The fourth-order valence-electron chi connectivity index (χ4n) is 1.48. The summed E-state index contributed by atoms with van der Waals surface area (Å²) in [6.45, 7) is -0.0225. The van der Waals surface area contributed by atoms with Gasteiger partial charge in [-0.25, -0.2) is 4.79 Å². The van der Waals surface area contributed by atoms with Crippen LogP contribution in [0, 0.1) is 0 Å². The Morgan fingerprint density at radius 1 is 1.71 bits per heavy atom. The number of carboxylic acid groups (broad SMARTS) is 1. The SMILES string of the molecule is N[C@@H]1C(=O)N2C(C(=O)O)=C(Cl)COC12. The normalized spacial score (nSPS) is 31.3. The van der Waals surface area contributed by atoms with Crippen molar-refractivity contribution in [1.82, 2.24) is 4.90 Å². The summed E-state index contributed by atoms with van der Waals surface area (Å²) in [5, 5.41) is 8.81. The van der Waals surface area contributed by atoms with Crippen LogP contribution in [-0.4, -0.2) is 40.8 Å². The van der Waals surface area contributed by atoms with Crippen LogP contribution in [0.4, 0.5) is 0 Å². The van der Waals surface area contributed by atoms with Crippen LogP contribution in [0.3, 0.4) is 0 Å². The average molecular weight is 219 g/mol. The first-order valence-electron chi connectivity index (χ1n) is 3.86. The first kappa shape index (κ1) is 9.45. The number of β-lactam (4-membered cyclic amide) rings is 1. The number of rotatable bonds is 1. The topological polar surface area (TPSA) is 92.9 Å². The van der Waals surface area contributed by atoms with E-state index < -0.39 is 24.1 Å². The predicted molar refractivity (Wildman–Crippen MR) is 45.1 cm³/mol. The van der Waals surface area contributed by atoms with Crippen molar-refractivity contribution in [1.29, 1.82) is 0 Å². The van der Waals surface area contributed by atoms with Gasteiger partial charge in [0, 0.05) is 0 Å². The molecule has 0 aromatic rings. The number of halogens is 1. The van der Waals surface area contributed by atoms with E-state index in [1.807, 2.05) is 0 Å². The van der Waals surface area contributed by atoms with E-state index in [2.05, 4.69) is 0 Å².